The van der Waals surface area contributed by atoms with E-state index >= 15 is 0 Å². The van der Waals surface area contributed by atoms with E-state index in [-0.39, 0.29) is 17.0 Å². The van der Waals surface area contributed by atoms with E-state index in [4.69, 9.17) is 9.16 Å². The predicted molar refractivity (Wildman–Crippen MR) is 115 cm³/mol. The first-order valence-corrected chi connectivity index (χ1v) is 12.5. The number of carbonyl (C=O) groups excluding carboxylic acids is 1. The molecule has 1 rings (SSSR count). The number of hydrogen-bond acceptors (Lipinski definition) is 3. The van der Waals surface area contributed by atoms with Crippen LogP contribution in [0.4, 0.5) is 4.79 Å². The maximum Gasteiger partial charge on any atom is 0.408 e. The zero-order valence-electron chi connectivity index (χ0n) is 18.3. The van der Waals surface area contributed by atoms with Gasteiger partial charge in [0.25, 0.3) is 0 Å². The SMILES string of the molecule is C=C[C@H](CO[Si](C)(C)C(C)(C)C)[C@@H](NC(=O)OC(C)(C)C)c1ccccc1. The zero-order chi connectivity index (χ0) is 20.9. The topological polar surface area (TPSA) is 47.6 Å². The molecule has 1 aromatic rings. The normalized spacial score (nSPS) is 15.0. The molecule has 0 aliphatic heterocycles. The van der Waals surface area contributed by atoms with Gasteiger partial charge in [0, 0.05) is 12.5 Å². The molecule has 0 bridgehead atoms. The predicted octanol–water partition coefficient (Wildman–Crippen LogP) is 6.08. The lowest BCUT2D eigenvalue weighted by molar-refractivity contribution is 0.0482. The van der Waals surface area contributed by atoms with Crippen molar-refractivity contribution in [2.45, 2.75) is 71.3 Å². The molecule has 27 heavy (non-hydrogen) atoms. The quantitative estimate of drug-likeness (QED) is 0.453. The van der Waals surface area contributed by atoms with Gasteiger partial charge in [-0.3, -0.25) is 0 Å². The Balaban J connectivity index is 3.02. The molecule has 0 aliphatic rings. The molecule has 152 valence electrons. The van der Waals surface area contributed by atoms with Crippen LogP contribution in [0.2, 0.25) is 18.1 Å². The molecule has 1 aromatic carbocycles. The summed E-state index contributed by atoms with van der Waals surface area (Å²) in [4.78, 5) is 12.4. The minimum atomic E-state index is -1.90. The minimum absolute atomic E-state index is 0.0611. The molecule has 0 aromatic heterocycles. The van der Waals surface area contributed by atoms with Crippen LogP contribution < -0.4 is 5.32 Å². The summed E-state index contributed by atoms with van der Waals surface area (Å²) in [6.45, 7) is 21.2. The number of nitrogens with one attached hydrogen (secondary N) is 1. The van der Waals surface area contributed by atoms with Gasteiger partial charge in [0.1, 0.15) is 5.60 Å². The Kier molecular flexibility index (Phi) is 7.87. The molecule has 0 saturated carbocycles. The van der Waals surface area contributed by atoms with E-state index in [1.54, 1.807) is 0 Å². The Hall–Kier alpha value is -1.59. The highest BCUT2D eigenvalue weighted by atomic mass is 28.4. The highest BCUT2D eigenvalue weighted by Gasteiger charge is 2.38. The van der Waals surface area contributed by atoms with Crippen LogP contribution in [-0.4, -0.2) is 26.6 Å². The fraction of sp³-hybridized carbons (Fsp3) is 0.591. The number of amides is 1. The summed E-state index contributed by atoms with van der Waals surface area (Å²) >= 11 is 0. The van der Waals surface area contributed by atoms with Crippen molar-refractivity contribution in [3.8, 4) is 0 Å². The maximum atomic E-state index is 12.4. The molecule has 0 radical (unpaired) electrons. The summed E-state index contributed by atoms with van der Waals surface area (Å²) in [6, 6.07) is 9.64. The molecule has 1 amide bonds. The van der Waals surface area contributed by atoms with E-state index in [0.717, 1.165) is 5.56 Å². The molecule has 0 unspecified atom stereocenters. The van der Waals surface area contributed by atoms with Crippen LogP contribution >= 0.6 is 0 Å². The van der Waals surface area contributed by atoms with Crippen LogP contribution in [0.25, 0.3) is 0 Å². The summed E-state index contributed by atoms with van der Waals surface area (Å²) < 4.78 is 11.9. The van der Waals surface area contributed by atoms with Crippen molar-refractivity contribution in [2.24, 2.45) is 5.92 Å². The average molecular weight is 392 g/mol. The standard InChI is InChI=1S/C22H37NO3Si/c1-10-17(16-25-27(8,9)22(5,6)7)19(18-14-12-11-13-15-18)23-20(24)26-21(2,3)4/h10-15,17,19H,1,16H2,2-9H3,(H,23,24)/t17-,19-/m1/s1. The number of carbonyl (C=O) groups is 1. The minimum Gasteiger partial charge on any atom is -0.444 e. The van der Waals surface area contributed by atoms with Crippen molar-refractivity contribution in [2.75, 3.05) is 6.61 Å². The van der Waals surface area contributed by atoms with Gasteiger partial charge >= 0.3 is 6.09 Å². The van der Waals surface area contributed by atoms with Gasteiger partial charge in [-0.1, -0.05) is 57.2 Å². The van der Waals surface area contributed by atoms with Crippen molar-refractivity contribution >= 4 is 14.4 Å². The third-order valence-corrected chi connectivity index (χ3v) is 9.51. The lowest BCUT2D eigenvalue weighted by Crippen LogP contribution is -2.44. The first-order valence-electron chi connectivity index (χ1n) is 9.58. The second-order valence-electron chi connectivity index (χ2n) is 9.51. The van der Waals surface area contributed by atoms with Crippen molar-refractivity contribution in [3.63, 3.8) is 0 Å². The molecule has 0 aliphatic carbocycles. The largest absolute Gasteiger partial charge is 0.444 e. The molecule has 0 saturated heterocycles. The monoisotopic (exact) mass is 391 g/mol. The lowest BCUT2D eigenvalue weighted by atomic mass is 9.94. The van der Waals surface area contributed by atoms with Gasteiger partial charge in [-0.05, 0) is 44.5 Å². The third-order valence-electron chi connectivity index (χ3n) is 5.00. The van der Waals surface area contributed by atoms with Gasteiger partial charge in [-0.15, -0.1) is 6.58 Å². The number of benzene rings is 1. The number of rotatable bonds is 7. The summed E-state index contributed by atoms with van der Waals surface area (Å²) in [5.41, 5.74) is 0.458. The fourth-order valence-corrected chi connectivity index (χ4v) is 3.40. The summed E-state index contributed by atoms with van der Waals surface area (Å²) in [7, 11) is -1.90. The molecule has 2 atom stereocenters. The Morgan fingerprint density at radius 2 is 1.70 bits per heavy atom. The Morgan fingerprint density at radius 1 is 1.15 bits per heavy atom. The highest BCUT2D eigenvalue weighted by molar-refractivity contribution is 6.74. The molecule has 0 heterocycles. The molecule has 0 fully saturated rings. The first kappa shape index (κ1) is 23.4. The number of hydrogen-bond donors (Lipinski definition) is 1. The van der Waals surface area contributed by atoms with Crippen molar-refractivity contribution in [3.05, 3.63) is 48.6 Å². The molecule has 1 N–H and O–H groups in total. The second-order valence-corrected chi connectivity index (χ2v) is 14.3. The van der Waals surface area contributed by atoms with Crippen LogP contribution in [-0.2, 0) is 9.16 Å². The van der Waals surface area contributed by atoms with E-state index in [1.165, 1.54) is 0 Å². The van der Waals surface area contributed by atoms with Crippen molar-refractivity contribution in [1.82, 2.24) is 5.32 Å². The van der Waals surface area contributed by atoms with E-state index in [0.29, 0.717) is 6.61 Å². The summed E-state index contributed by atoms with van der Waals surface area (Å²) in [5.74, 6) is -0.0611. The van der Waals surface area contributed by atoms with Gasteiger partial charge in [0.05, 0.1) is 6.04 Å². The maximum absolute atomic E-state index is 12.4. The average Bonchev–Trinajstić information content (AvgIpc) is 2.52. The van der Waals surface area contributed by atoms with E-state index in [9.17, 15) is 4.79 Å². The summed E-state index contributed by atoms with van der Waals surface area (Å²) in [6.07, 6.45) is 1.43. The lowest BCUT2D eigenvalue weighted by Gasteiger charge is -2.38. The smallest absolute Gasteiger partial charge is 0.408 e. The van der Waals surface area contributed by atoms with E-state index < -0.39 is 20.0 Å². The Morgan fingerprint density at radius 3 is 2.15 bits per heavy atom. The second kappa shape index (κ2) is 9.07. The Labute approximate surface area is 166 Å². The van der Waals surface area contributed by atoms with E-state index in [1.807, 2.05) is 57.2 Å². The van der Waals surface area contributed by atoms with Crippen LogP contribution in [0.15, 0.2) is 43.0 Å². The van der Waals surface area contributed by atoms with Crippen LogP contribution in [0.5, 0.6) is 0 Å². The van der Waals surface area contributed by atoms with Crippen LogP contribution in [0.1, 0.15) is 53.1 Å². The van der Waals surface area contributed by atoms with Gasteiger partial charge in [-0.2, -0.15) is 0 Å². The van der Waals surface area contributed by atoms with Gasteiger partial charge in [0.2, 0.25) is 0 Å². The summed E-state index contributed by atoms with van der Waals surface area (Å²) in [5, 5.41) is 3.14. The molecule has 4 nitrogen and oxygen atoms in total. The van der Waals surface area contributed by atoms with Gasteiger partial charge in [0.15, 0.2) is 8.32 Å². The Bertz CT molecular complexity index is 615. The van der Waals surface area contributed by atoms with Crippen LogP contribution in [0, 0.1) is 5.92 Å². The van der Waals surface area contributed by atoms with Crippen molar-refractivity contribution in [1.29, 1.82) is 0 Å². The van der Waals surface area contributed by atoms with Gasteiger partial charge in [-0.25, -0.2) is 4.79 Å². The molecule has 5 heteroatoms. The zero-order valence-corrected chi connectivity index (χ0v) is 19.3. The third kappa shape index (κ3) is 7.51. The highest BCUT2D eigenvalue weighted by Crippen LogP contribution is 2.37. The molecule has 0 spiro atoms. The van der Waals surface area contributed by atoms with Gasteiger partial charge < -0.3 is 14.5 Å². The van der Waals surface area contributed by atoms with Crippen LogP contribution in [0.3, 0.4) is 0 Å². The molecular weight excluding hydrogens is 354 g/mol. The number of alkyl carbamates (subject to hydrolysis) is 1. The molecular formula is C22H37NO3Si. The fourth-order valence-electron chi connectivity index (χ4n) is 2.35. The van der Waals surface area contributed by atoms with Crippen molar-refractivity contribution < 1.29 is 14.0 Å². The van der Waals surface area contributed by atoms with E-state index in [2.05, 4.69) is 45.8 Å². The first-order chi connectivity index (χ1) is 12.3. The number of ether oxygens (including phenoxy) is 1.